The smallest absolute Gasteiger partial charge is 0.410 e. The van der Waals surface area contributed by atoms with Crippen molar-refractivity contribution in [1.29, 1.82) is 0 Å². The molecule has 7 rings (SSSR count). The Bertz CT molecular complexity index is 1990. The van der Waals surface area contributed by atoms with E-state index < -0.39 is 30.1 Å². The predicted molar refractivity (Wildman–Crippen MR) is 239 cm³/mol. The second-order valence-corrected chi connectivity index (χ2v) is 16.7. The number of allylic oxidation sites excluding steroid dienone is 1. The van der Waals surface area contributed by atoms with Crippen molar-refractivity contribution in [3.8, 4) is 28.4 Å². The molecule has 7 atom stereocenters. The van der Waals surface area contributed by atoms with Crippen LogP contribution in [0.2, 0.25) is 0 Å². The van der Waals surface area contributed by atoms with Gasteiger partial charge in [-0.15, -0.1) is 6.58 Å². The van der Waals surface area contributed by atoms with Crippen molar-refractivity contribution in [3.05, 3.63) is 103 Å². The first-order chi connectivity index (χ1) is 30.9. The molecule has 63 heavy (non-hydrogen) atoms. The van der Waals surface area contributed by atoms with Crippen LogP contribution < -0.4 is 9.47 Å². The number of amides is 1. The van der Waals surface area contributed by atoms with Crippen LogP contribution in [0.4, 0.5) is 4.79 Å². The van der Waals surface area contributed by atoms with Crippen LogP contribution in [0.5, 0.6) is 17.2 Å². The van der Waals surface area contributed by atoms with Crippen molar-refractivity contribution in [2.24, 2.45) is 22.9 Å². The molecule has 0 bridgehead atoms. The van der Waals surface area contributed by atoms with E-state index in [4.69, 9.17) is 38.4 Å². The summed E-state index contributed by atoms with van der Waals surface area (Å²) in [5.74, 6) is -0.212. The van der Waals surface area contributed by atoms with Gasteiger partial charge in [-0.25, -0.2) is 4.79 Å². The number of rotatable bonds is 22. The molecule has 4 aliphatic rings. The number of benzene rings is 3. The quantitative estimate of drug-likeness (QED) is 0.0506. The van der Waals surface area contributed by atoms with Crippen molar-refractivity contribution in [3.63, 3.8) is 0 Å². The Morgan fingerprint density at radius 3 is 2.40 bits per heavy atom. The fraction of sp³-hybridized carbons (Fsp3) is 0.520. The predicted octanol–water partition coefficient (Wildman–Crippen LogP) is 8.38. The van der Waals surface area contributed by atoms with E-state index >= 15 is 0 Å². The van der Waals surface area contributed by atoms with Crippen LogP contribution in [0.25, 0.3) is 11.1 Å². The molecule has 3 N–H and O–H groups in total. The Hall–Kier alpha value is -4.76. The maximum absolute atomic E-state index is 14.0. The monoisotopic (exact) mass is 868 g/mol. The van der Waals surface area contributed by atoms with E-state index in [2.05, 4.69) is 43.0 Å². The van der Waals surface area contributed by atoms with Gasteiger partial charge in [0.15, 0.2) is 0 Å². The zero-order chi connectivity index (χ0) is 44.0. The number of carbonyl (C=O) groups excluding carboxylic acids is 1. The van der Waals surface area contributed by atoms with Gasteiger partial charge in [-0.05, 0) is 97.4 Å². The first kappa shape index (κ1) is 46.2. The van der Waals surface area contributed by atoms with Crippen LogP contribution in [0.15, 0.2) is 102 Å². The third-order valence-electron chi connectivity index (χ3n) is 12.8. The van der Waals surface area contributed by atoms with Crippen molar-refractivity contribution < 1.29 is 53.4 Å². The summed E-state index contributed by atoms with van der Waals surface area (Å²) in [4.78, 5) is 21.8. The topological polar surface area (TPSA) is 158 Å². The van der Waals surface area contributed by atoms with Crippen LogP contribution in [-0.4, -0.2) is 110 Å². The van der Waals surface area contributed by atoms with Gasteiger partial charge < -0.3 is 48.6 Å². The molecule has 3 aromatic rings. The first-order valence-electron chi connectivity index (χ1n) is 22.7. The lowest BCUT2D eigenvalue weighted by atomic mass is 9.55. The molecule has 0 radical (unpaired) electrons. The van der Waals surface area contributed by atoms with Gasteiger partial charge in [-0.2, -0.15) is 0 Å². The van der Waals surface area contributed by atoms with Crippen LogP contribution in [0.3, 0.4) is 0 Å². The number of hydrogen-bond donors (Lipinski definition) is 3. The van der Waals surface area contributed by atoms with E-state index in [1.165, 1.54) is 7.11 Å². The highest BCUT2D eigenvalue weighted by Crippen LogP contribution is 2.62. The number of carbonyl (C=O) groups is 1. The van der Waals surface area contributed by atoms with Crippen molar-refractivity contribution in [1.82, 2.24) is 4.90 Å². The number of aliphatic hydroxyl groups is 3. The molecule has 13 heteroatoms. The van der Waals surface area contributed by atoms with E-state index in [0.717, 1.165) is 60.8 Å². The third-order valence-corrected chi connectivity index (χ3v) is 12.8. The van der Waals surface area contributed by atoms with Gasteiger partial charge in [0.1, 0.15) is 23.3 Å². The number of fused-ring (bicyclic) bond motifs is 2. The zero-order valence-corrected chi connectivity index (χ0v) is 36.5. The minimum atomic E-state index is -1.47. The number of methoxy groups -OCH3 is 1. The van der Waals surface area contributed by atoms with Gasteiger partial charge in [0, 0.05) is 44.1 Å². The Morgan fingerprint density at radius 2 is 1.68 bits per heavy atom. The Morgan fingerprint density at radius 1 is 0.921 bits per heavy atom. The molecule has 1 saturated heterocycles. The van der Waals surface area contributed by atoms with E-state index in [0.29, 0.717) is 48.8 Å². The highest BCUT2D eigenvalue weighted by molar-refractivity contribution is 6.03. The molecule has 1 saturated carbocycles. The first-order valence-corrected chi connectivity index (χ1v) is 22.7. The van der Waals surface area contributed by atoms with Crippen LogP contribution in [0, 0.1) is 17.8 Å². The maximum atomic E-state index is 14.0. The molecular weight excluding hydrogens is 805 g/mol. The van der Waals surface area contributed by atoms with Gasteiger partial charge in [0.05, 0.1) is 51.8 Å². The molecule has 340 valence electrons. The van der Waals surface area contributed by atoms with Gasteiger partial charge in [0.2, 0.25) is 12.1 Å². The van der Waals surface area contributed by atoms with Crippen molar-refractivity contribution in [2.75, 3.05) is 59.9 Å². The molecule has 13 nitrogen and oxygen atoms in total. The minimum absolute atomic E-state index is 0.0285. The summed E-state index contributed by atoms with van der Waals surface area (Å²) in [5, 5.41) is 34.3. The van der Waals surface area contributed by atoms with Gasteiger partial charge >= 0.3 is 6.09 Å². The van der Waals surface area contributed by atoms with Gasteiger partial charge in [-0.1, -0.05) is 72.6 Å². The van der Waals surface area contributed by atoms with Gasteiger partial charge in [0.25, 0.3) is 0 Å². The summed E-state index contributed by atoms with van der Waals surface area (Å²) in [5.41, 5.74) is 4.72. The minimum Gasteiger partial charge on any atom is -0.459 e. The molecule has 2 heterocycles. The summed E-state index contributed by atoms with van der Waals surface area (Å²) in [6.45, 7) is 5.08. The third kappa shape index (κ3) is 10.8. The van der Waals surface area contributed by atoms with E-state index in [-0.39, 0.29) is 70.4 Å². The lowest BCUT2D eigenvalue weighted by molar-refractivity contribution is -0.256. The van der Waals surface area contributed by atoms with E-state index in [1.54, 1.807) is 11.0 Å². The molecule has 0 spiro atoms. The number of ether oxygens (including phenoxy) is 6. The fourth-order valence-electron chi connectivity index (χ4n) is 9.93. The molecule has 3 aromatic carbocycles. The second kappa shape index (κ2) is 22.7. The summed E-state index contributed by atoms with van der Waals surface area (Å²) in [7, 11) is 1.35. The van der Waals surface area contributed by atoms with Crippen LogP contribution in [-0.2, 0) is 23.8 Å². The highest BCUT2D eigenvalue weighted by Gasteiger charge is 2.65. The highest BCUT2D eigenvalue weighted by atomic mass is 16.8. The summed E-state index contributed by atoms with van der Waals surface area (Å²) >= 11 is 0. The summed E-state index contributed by atoms with van der Waals surface area (Å²) in [6.07, 6.45) is 10.2. The normalized spacial score (nSPS) is 25.5. The van der Waals surface area contributed by atoms with E-state index in [1.807, 2.05) is 42.5 Å². The zero-order valence-electron chi connectivity index (χ0n) is 36.5. The molecule has 0 aromatic heterocycles. The van der Waals surface area contributed by atoms with Gasteiger partial charge in [-0.3, -0.25) is 4.90 Å². The summed E-state index contributed by atoms with van der Waals surface area (Å²) < 4.78 is 38.1. The Balaban J connectivity index is 1.38. The Labute approximate surface area is 371 Å². The molecule has 7 unspecified atom stereocenters. The van der Waals surface area contributed by atoms with Crippen LogP contribution in [0.1, 0.15) is 75.7 Å². The van der Waals surface area contributed by atoms with E-state index in [9.17, 15) is 20.1 Å². The second-order valence-electron chi connectivity index (χ2n) is 16.7. The fourth-order valence-corrected chi connectivity index (χ4v) is 9.93. The number of unbranched alkanes of at least 4 members (excludes halogenated alkanes) is 2. The average Bonchev–Trinajstić information content (AvgIpc) is 3.32. The lowest BCUT2D eigenvalue weighted by Gasteiger charge is -2.59. The molecule has 2 aliphatic carbocycles. The standard InChI is InChI=1S/C50H64N2O11/c1-3-28-60-50-45(52(49(56)57-2)24-30-58-31-27-55)34-43(51-63-46-17-9-12-29-59-46)41-32-37(15-7-10-25-53)40(16-8-11-26-54)47(48(41)50)42-33-39(22-23-44(42)62-50)61-38-20-18-36(19-21-38)35-13-5-4-6-14-35/h3-6,13-14,18-23,32-33,37,40,45-48,53-55H,1,7-12,15-17,24-31,34H2,2H3. The van der Waals surface area contributed by atoms with Crippen molar-refractivity contribution in [2.45, 2.75) is 88.2 Å². The number of aliphatic hydroxyl groups excluding tert-OH is 3. The molecule has 1 amide bonds. The largest absolute Gasteiger partial charge is 0.459 e. The summed E-state index contributed by atoms with van der Waals surface area (Å²) in [6, 6.07) is 23.4. The average molecular weight is 869 g/mol. The number of hydrogen-bond acceptors (Lipinski definition) is 12. The maximum Gasteiger partial charge on any atom is 0.410 e. The van der Waals surface area contributed by atoms with Crippen molar-refractivity contribution >= 4 is 11.8 Å². The SMILES string of the molecule is C=CCOC12Oc3ccc(Oc4ccc(-c5ccccc5)cc4)cc3C3C(CCCCO)C(CCCCO)C=C(C(=NOC4CCCCO4)CC1N(CCOCCO)C(=O)OC)C32. The molecular formula is C50H64N2O11. The number of oxime groups is 1. The number of nitrogens with zero attached hydrogens (tertiary/aromatic N) is 2. The lowest BCUT2D eigenvalue weighted by Crippen LogP contribution is -2.70. The Kier molecular flexibility index (Phi) is 16.7. The van der Waals surface area contributed by atoms with Crippen LogP contribution >= 0.6 is 0 Å². The molecule has 2 fully saturated rings. The molecule has 2 aliphatic heterocycles.